The SMILES string of the molecule is CC(C)[C@H](NC(=O)c1cc2c(cc1F)NC(=O)CC2)C(=O)O. The van der Waals surface area contributed by atoms with E-state index in [9.17, 15) is 18.8 Å². The Balaban J connectivity index is 2.27. The van der Waals surface area contributed by atoms with Crippen LogP contribution in [0.5, 0.6) is 0 Å². The Bertz CT molecular complexity index is 643. The van der Waals surface area contributed by atoms with Gasteiger partial charge in [0, 0.05) is 12.1 Å². The van der Waals surface area contributed by atoms with Crippen molar-refractivity contribution in [1.29, 1.82) is 0 Å². The molecule has 0 aliphatic carbocycles. The zero-order valence-corrected chi connectivity index (χ0v) is 12.3. The van der Waals surface area contributed by atoms with Crippen LogP contribution in [0.2, 0.25) is 0 Å². The maximum Gasteiger partial charge on any atom is 0.326 e. The smallest absolute Gasteiger partial charge is 0.326 e. The summed E-state index contributed by atoms with van der Waals surface area (Å²) in [5, 5.41) is 13.9. The second kappa shape index (κ2) is 6.13. The molecular weight excluding hydrogens is 291 g/mol. The van der Waals surface area contributed by atoms with Crippen molar-refractivity contribution in [3.8, 4) is 0 Å². The van der Waals surface area contributed by atoms with Gasteiger partial charge in [0.15, 0.2) is 0 Å². The number of aliphatic carboxylic acids is 1. The van der Waals surface area contributed by atoms with Crippen LogP contribution >= 0.6 is 0 Å². The molecule has 6 nitrogen and oxygen atoms in total. The van der Waals surface area contributed by atoms with Gasteiger partial charge < -0.3 is 15.7 Å². The van der Waals surface area contributed by atoms with E-state index in [0.717, 1.165) is 6.07 Å². The van der Waals surface area contributed by atoms with E-state index >= 15 is 0 Å². The van der Waals surface area contributed by atoms with Crippen molar-refractivity contribution in [2.24, 2.45) is 5.92 Å². The molecule has 0 saturated heterocycles. The van der Waals surface area contributed by atoms with Gasteiger partial charge in [0.1, 0.15) is 11.9 Å². The molecule has 1 aromatic carbocycles. The fourth-order valence-electron chi connectivity index (χ4n) is 2.31. The lowest BCUT2D eigenvalue weighted by Gasteiger charge is -2.20. The molecular formula is C15H17FN2O4. The molecule has 0 saturated carbocycles. The molecule has 0 unspecified atom stereocenters. The highest BCUT2D eigenvalue weighted by atomic mass is 19.1. The monoisotopic (exact) mass is 308 g/mol. The molecule has 1 aromatic rings. The number of hydrogen-bond acceptors (Lipinski definition) is 3. The van der Waals surface area contributed by atoms with E-state index in [1.54, 1.807) is 13.8 Å². The van der Waals surface area contributed by atoms with Gasteiger partial charge in [-0.1, -0.05) is 13.8 Å². The molecule has 7 heteroatoms. The Kier molecular flexibility index (Phi) is 4.44. The number of nitrogens with one attached hydrogen (secondary N) is 2. The van der Waals surface area contributed by atoms with Gasteiger partial charge in [-0.3, -0.25) is 9.59 Å². The van der Waals surface area contributed by atoms with Crippen molar-refractivity contribution in [3.63, 3.8) is 0 Å². The first-order chi connectivity index (χ1) is 10.3. The molecule has 0 radical (unpaired) electrons. The zero-order chi connectivity index (χ0) is 16.4. The van der Waals surface area contributed by atoms with E-state index in [1.807, 2.05) is 0 Å². The molecule has 22 heavy (non-hydrogen) atoms. The topological polar surface area (TPSA) is 95.5 Å². The molecule has 0 spiro atoms. The second-order valence-corrected chi connectivity index (χ2v) is 5.57. The molecule has 2 amide bonds. The van der Waals surface area contributed by atoms with Gasteiger partial charge in [-0.25, -0.2) is 9.18 Å². The summed E-state index contributed by atoms with van der Waals surface area (Å²) in [6.07, 6.45) is 0.678. The third-order valence-electron chi connectivity index (χ3n) is 3.55. The van der Waals surface area contributed by atoms with Gasteiger partial charge in [0.25, 0.3) is 5.91 Å². The summed E-state index contributed by atoms with van der Waals surface area (Å²) >= 11 is 0. The van der Waals surface area contributed by atoms with E-state index in [0.29, 0.717) is 17.7 Å². The Hall–Kier alpha value is -2.44. The van der Waals surface area contributed by atoms with E-state index in [4.69, 9.17) is 5.11 Å². The number of carboxylic acids is 1. The van der Waals surface area contributed by atoms with E-state index in [-0.39, 0.29) is 23.8 Å². The molecule has 2 rings (SSSR count). The quantitative estimate of drug-likeness (QED) is 0.786. The fourth-order valence-corrected chi connectivity index (χ4v) is 2.31. The van der Waals surface area contributed by atoms with Gasteiger partial charge in [0.05, 0.1) is 5.56 Å². The van der Waals surface area contributed by atoms with Crippen LogP contribution in [-0.4, -0.2) is 28.9 Å². The second-order valence-electron chi connectivity index (χ2n) is 5.57. The Morgan fingerprint density at radius 2 is 2.00 bits per heavy atom. The number of halogens is 1. The van der Waals surface area contributed by atoms with Crippen LogP contribution in [0.3, 0.4) is 0 Å². The number of benzene rings is 1. The molecule has 3 N–H and O–H groups in total. The molecule has 1 aliphatic rings. The maximum atomic E-state index is 14.0. The van der Waals surface area contributed by atoms with E-state index < -0.39 is 23.7 Å². The Morgan fingerprint density at radius 3 is 2.59 bits per heavy atom. The molecule has 0 aromatic heterocycles. The van der Waals surface area contributed by atoms with Crippen molar-refractivity contribution in [2.45, 2.75) is 32.7 Å². The number of fused-ring (bicyclic) bond motifs is 1. The summed E-state index contributed by atoms with van der Waals surface area (Å²) in [5.41, 5.74) is 0.785. The Morgan fingerprint density at radius 1 is 1.32 bits per heavy atom. The lowest BCUT2D eigenvalue weighted by molar-refractivity contribution is -0.140. The van der Waals surface area contributed by atoms with Gasteiger partial charge in [-0.05, 0) is 30.0 Å². The number of carbonyl (C=O) groups excluding carboxylic acids is 2. The number of amides is 2. The van der Waals surface area contributed by atoms with Crippen molar-refractivity contribution < 1.29 is 23.9 Å². The van der Waals surface area contributed by atoms with Crippen molar-refractivity contribution in [3.05, 3.63) is 29.1 Å². The van der Waals surface area contributed by atoms with E-state index in [1.165, 1.54) is 6.07 Å². The van der Waals surface area contributed by atoms with Crippen LogP contribution in [0.1, 0.15) is 36.2 Å². The molecule has 0 fully saturated rings. The third kappa shape index (κ3) is 3.24. The highest BCUT2D eigenvalue weighted by molar-refractivity contribution is 5.99. The van der Waals surface area contributed by atoms with Crippen molar-refractivity contribution >= 4 is 23.5 Å². The number of rotatable bonds is 4. The van der Waals surface area contributed by atoms with Gasteiger partial charge in [0.2, 0.25) is 5.91 Å². The molecule has 1 atom stereocenters. The average Bonchev–Trinajstić information content (AvgIpc) is 2.42. The third-order valence-corrected chi connectivity index (χ3v) is 3.55. The highest BCUT2D eigenvalue weighted by Crippen LogP contribution is 2.26. The van der Waals surface area contributed by atoms with Crippen LogP contribution in [-0.2, 0) is 16.0 Å². The maximum absolute atomic E-state index is 14.0. The summed E-state index contributed by atoms with van der Waals surface area (Å²) in [6, 6.07) is 1.35. The minimum atomic E-state index is -1.17. The van der Waals surface area contributed by atoms with Crippen LogP contribution in [0.15, 0.2) is 12.1 Å². The van der Waals surface area contributed by atoms with Gasteiger partial charge in [-0.2, -0.15) is 0 Å². The summed E-state index contributed by atoms with van der Waals surface area (Å²) in [6.45, 7) is 3.30. The van der Waals surface area contributed by atoms with Crippen LogP contribution in [0, 0.1) is 11.7 Å². The molecule has 1 heterocycles. The highest BCUT2D eigenvalue weighted by Gasteiger charge is 2.26. The number of aryl methyl sites for hydroxylation is 1. The average molecular weight is 308 g/mol. The first-order valence-electron chi connectivity index (χ1n) is 6.95. The predicted octanol–water partition coefficient (Wildman–Crippen LogP) is 1.55. The normalized spacial score (nSPS) is 15.0. The summed E-state index contributed by atoms with van der Waals surface area (Å²) < 4.78 is 14.0. The molecule has 118 valence electrons. The zero-order valence-electron chi connectivity index (χ0n) is 12.3. The first-order valence-corrected chi connectivity index (χ1v) is 6.95. The van der Waals surface area contributed by atoms with Crippen molar-refractivity contribution in [1.82, 2.24) is 5.32 Å². The minimum Gasteiger partial charge on any atom is -0.480 e. The van der Waals surface area contributed by atoms with Gasteiger partial charge in [-0.15, -0.1) is 0 Å². The number of anilines is 1. The number of carboxylic acid groups (broad SMARTS) is 1. The summed E-state index contributed by atoms with van der Waals surface area (Å²) in [4.78, 5) is 34.5. The van der Waals surface area contributed by atoms with Crippen LogP contribution < -0.4 is 10.6 Å². The fraction of sp³-hybridized carbons (Fsp3) is 0.400. The first kappa shape index (κ1) is 15.9. The van der Waals surface area contributed by atoms with Crippen molar-refractivity contribution in [2.75, 3.05) is 5.32 Å². The number of hydrogen-bond donors (Lipinski definition) is 3. The molecule has 1 aliphatic heterocycles. The molecule has 0 bridgehead atoms. The largest absolute Gasteiger partial charge is 0.480 e. The number of carbonyl (C=O) groups is 3. The van der Waals surface area contributed by atoms with Crippen LogP contribution in [0.25, 0.3) is 0 Å². The van der Waals surface area contributed by atoms with Crippen LogP contribution in [0.4, 0.5) is 10.1 Å². The minimum absolute atomic E-state index is 0.199. The van der Waals surface area contributed by atoms with Gasteiger partial charge >= 0.3 is 5.97 Å². The van der Waals surface area contributed by atoms with E-state index in [2.05, 4.69) is 10.6 Å². The predicted molar refractivity (Wildman–Crippen MR) is 77.1 cm³/mol. The standard InChI is InChI=1S/C15H17FN2O4/c1-7(2)13(15(21)22)18-14(20)9-5-8-3-4-12(19)17-11(8)6-10(9)16/h5-7,13H,3-4H2,1-2H3,(H,17,19)(H,18,20)(H,21,22)/t13-/m0/s1. The lowest BCUT2D eigenvalue weighted by atomic mass is 9.98. The lowest BCUT2D eigenvalue weighted by Crippen LogP contribution is -2.44. The Labute approximate surface area is 126 Å². The summed E-state index contributed by atoms with van der Waals surface area (Å²) in [5.74, 6) is -3.28. The summed E-state index contributed by atoms with van der Waals surface area (Å²) in [7, 11) is 0.